The predicted octanol–water partition coefficient (Wildman–Crippen LogP) is 5.55. The summed E-state index contributed by atoms with van der Waals surface area (Å²) in [5, 5.41) is 10.4. The molecule has 5 aromatic rings. The van der Waals surface area contributed by atoms with Gasteiger partial charge in [-0.05, 0) is 49.2 Å². The minimum Gasteiger partial charge on any atom is -0.454 e. The first-order chi connectivity index (χ1) is 25.8. The van der Waals surface area contributed by atoms with E-state index < -0.39 is 67.1 Å². The van der Waals surface area contributed by atoms with Crippen LogP contribution in [0.3, 0.4) is 0 Å². The van der Waals surface area contributed by atoms with Gasteiger partial charge in [0.2, 0.25) is 0 Å². The third-order valence-corrected chi connectivity index (χ3v) is 8.85. The number of benzene rings is 3. The zero-order valence-corrected chi connectivity index (χ0v) is 29.1. The van der Waals surface area contributed by atoms with Crippen molar-refractivity contribution >= 4 is 40.1 Å². The van der Waals surface area contributed by atoms with Crippen LogP contribution in [0.15, 0.2) is 113 Å². The van der Waals surface area contributed by atoms with Crippen LogP contribution >= 0.6 is 0 Å². The fourth-order valence-corrected chi connectivity index (χ4v) is 6.21. The zero-order chi connectivity index (χ0) is 37.3. The lowest BCUT2D eigenvalue weighted by molar-refractivity contribution is -0.301. The van der Waals surface area contributed by atoms with Crippen molar-refractivity contribution in [3.05, 3.63) is 122 Å². The fourth-order valence-electron chi connectivity index (χ4n) is 6.21. The van der Waals surface area contributed by atoms with Crippen molar-refractivity contribution in [3.8, 4) is 0 Å². The fraction of sp³-hybridized carbons (Fsp3) is 0.325. The van der Waals surface area contributed by atoms with Crippen LogP contribution in [0, 0.1) is 11.8 Å². The zero-order valence-electron chi connectivity index (χ0n) is 29.1. The second-order valence-electron chi connectivity index (χ2n) is 12.5. The van der Waals surface area contributed by atoms with E-state index in [1.54, 1.807) is 66.7 Å². The molecule has 0 spiro atoms. The summed E-state index contributed by atoms with van der Waals surface area (Å²) in [5.74, 6) is -3.34. The smallest absolute Gasteiger partial charge is 0.338 e. The van der Waals surface area contributed by atoms with Gasteiger partial charge < -0.3 is 37.6 Å². The van der Waals surface area contributed by atoms with Crippen LogP contribution in [0.25, 0.3) is 22.2 Å². The Morgan fingerprint density at radius 3 is 1.74 bits per heavy atom. The van der Waals surface area contributed by atoms with Crippen molar-refractivity contribution in [3.63, 3.8) is 0 Å². The number of aliphatic hydroxyl groups is 1. The first kappa shape index (κ1) is 37.1. The lowest BCUT2D eigenvalue weighted by Gasteiger charge is -2.44. The minimum absolute atomic E-state index is 0.0464. The van der Waals surface area contributed by atoms with Gasteiger partial charge in [-0.1, -0.05) is 54.6 Å². The number of oxazole rings is 2. The number of nitrogens with zero attached hydrogens (tertiary/aromatic N) is 2. The molecule has 3 aromatic carbocycles. The summed E-state index contributed by atoms with van der Waals surface area (Å²) in [7, 11) is 1.31. The monoisotopic (exact) mass is 724 g/mol. The summed E-state index contributed by atoms with van der Waals surface area (Å²) >= 11 is 0. The molecule has 0 unspecified atom stereocenters. The molecule has 1 saturated heterocycles. The van der Waals surface area contributed by atoms with E-state index in [1.165, 1.54) is 7.11 Å². The predicted molar refractivity (Wildman–Crippen MR) is 190 cm³/mol. The summed E-state index contributed by atoms with van der Waals surface area (Å²) < 4.78 is 41.4. The molecule has 0 aliphatic carbocycles. The lowest BCUT2D eigenvalue weighted by atomic mass is 9.96. The molecule has 6 rings (SSSR count). The van der Waals surface area contributed by atoms with Gasteiger partial charge in [0.1, 0.15) is 17.1 Å². The van der Waals surface area contributed by atoms with E-state index in [9.17, 15) is 19.5 Å². The SMILES string of the molecule is C=CC[C@H](Cc1nc2ccccc2o1)C(=O)O[C@@H]1[C@H](OC(=O)[C@H](CC=C)Cc2nc3ccccc3o2)[C@@H](OC)O[C@H](CO)[C@H]1OC(=O)c1ccccc1. The van der Waals surface area contributed by atoms with Crippen molar-refractivity contribution in [2.75, 3.05) is 13.7 Å². The maximum Gasteiger partial charge on any atom is 0.338 e. The topological polar surface area (TPSA) is 170 Å². The first-order valence-electron chi connectivity index (χ1n) is 17.2. The molecule has 0 bridgehead atoms. The summed E-state index contributed by atoms with van der Waals surface area (Å²) in [6, 6.07) is 22.5. The van der Waals surface area contributed by atoms with Gasteiger partial charge in [0.25, 0.3) is 0 Å². The Kier molecular flexibility index (Phi) is 12.1. The Hall–Kier alpha value is -5.63. The molecule has 2 aromatic heterocycles. The molecule has 1 aliphatic rings. The Morgan fingerprint density at radius 1 is 0.736 bits per heavy atom. The number of aromatic nitrogens is 2. The van der Waals surface area contributed by atoms with Crippen LogP contribution < -0.4 is 0 Å². The van der Waals surface area contributed by atoms with Gasteiger partial charge in [-0.15, -0.1) is 13.2 Å². The first-order valence-corrected chi connectivity index (χ1v) is 17.2. The normalized spacial score (nSPS) is 21.1. The van der Waals surface area contributed by atoms with Gasteiger partial charge in [0, 0.05) is 20.0 Å². The van der Waals surface area contributed by atoms with E-state index in [0.29, 0.717) is 34.0 Å². The summed E-state index contributed by atoms with van der Waals surface area (Å²) in [6.07, 6.45) is -3.39. The van der Waals surface area contributed by atoms with Crippen molar-refractivity contribution in [1.82, 2.24) is 9.97 Å². The highest BCUT2D eigenvalue weighted by Gasteiger charge is 2.53. The molecule has 0 radical (unpaired) electrons. The second kappa shape index (κ2) is 17.3. The average molecular weight is 725 g/mol. The average Bonchev–Trinajstić information content (AvgIpc) is 3.79. The highest BCUT2D eigenvalue weighted by Crippen LogP contribution is 2.32. The van der Waals surface area contributed by atoms with Crippen LogP contribution in [0.2, 0.25) is 0 Å². The summed E-state index contributed by atoms with van der Waals surface area (Å²) in [4.78, 5) is 50.5. The number of esters is 3. The number of methoxy groups -OCH3 is 1. The van der Waals surface area contributed by atoms with Crippen molar-refractivity contribution in [1.29, 1.82) is 0 Å². The van der Waals surface area contributed by atoms with E-state index in [-0.39, 0.29) is 31.2 Å². The number of aliphatic hydroxyl groups excluding tert-OH is 1. The Morgan fingerprint density at radius 2 is 1.25 bits per heavy atom. The van der Waals surface area contributed by atoms with Gasteiger partial charge in [-0.25, -0.2) is 14.8 Å². The van der Waals surface area contributed by atoms with Crippen molar-refractivity contribution in [2.24, 2.45) is 11.8 Å². The molecule has 7 atom stereocenters. The number of allylic oxidation sites excluding steroid dienone is 2. The van der Waals surface area contributed by atoms with Crippen molar-refractivity contribution in [2.45, 2.75) is 56.4 Å². The third kappa shape index (κ3) is 8.71. The molecule has 13 nitrogen and oxygen atoms in total. The van der Waals surface area contributed by atoms with E-state index in [2.05, 4.69) is 23.1 Å². The number of rotatable bonds is 16. The molecule has 0 amide bonds. The number of carbonyl (C=O) groups excluding carboxylic acids is 3. The number of para-hydroxylation sites is 4. The van der Waals surface area contributed by atoms with E-state index in [0.717, 1.165) is 0 Å². The molecule has 53 heavy (non-hydrogen) atoms. The molecule has 276 valence electrons. The Labute approximate surface area is 305 Å². The van der Waals surface area contributed by atoms with Gasteiger partial charge in [-0.2, -0.15) is 0 Å². The van der Waals surface area contributed by atoms with Gasteiger partial charge in [0.15, 0.2) is 47.5 Å². The van der Waals surface area contributed by atoms with Crippen LogP contribution in [0.5, 0.6) is 0 Å². The number of hydrogen-bond acceptors (Lipinski definition) is 13. The number of ether oxygens (including phenoxy) is 5. The van der Waals surface area contributed by atoms with Crippen LogP contribution in [0.4, 0.5) is 0 Å². The largest absolute Gasteiger partial charge is 0.454 e. The van der Waals surface area contributed by atoms with Gasteiger partial charge >= 0.3 is 17.9 Å². The molecule has 1 aliphatic heterocycles. The van der Waals surface area contributed by atoms with Crippen LogP contribution in [-0.4, -0.2) is 77.4 Å². The molecule has 0 saturated carbocycles. The van der Waals surface area contributed by atoms with E-state index >= 15 is 0 Å². The lowest BCUT2D eigenvalue weighted by Crippen LogP contribution is -2.63. The quantitative estimate of drug-likeness (QED) is 0.0764. The Balaban J connectivity index is 1.31. The summed E-state index contributed by atoms with van der Waals surface area (Å²) in [6.45, 7) is 6.94. The standard InChI is InChI=1S/C40H40N2O11/c1-4-13-25(21-32-41-27-17-9-11-19-29(27)48-32)38(45)52-35-34(51-37(44)24-15-7-6-8-16-24)31(23-43)50-40(47-3)36(35)53-39(46)26(14-5-2)22-33-42-28-18-10-12-20-30(28)49-33/h4-12,15-20,25-26,31,34-36,40,43H,1-2,13-14,21-23H2,3H3/t25-,26-,31-,34-,35+,36+,40+/m1/s1. The van der Waals surface area contributed by atoms with Crippen molar-refractivity contribution < 1.29 is 52.0 Å². The van der Waals surface area contributed by atoms with E-state index in [4.69, 9.17) is 32.5 Å². The Bertz CT molecular complexity index is 1970. The molecule has 13 heteroatoms. The third-order valence-electron chi connectivity index (χ3n) is 8.85. The maximum atomic E-state index is 14.1. The number of fused-ring (bicyclic) bond motifs is 2. The molecular formula is C40H40N2O11. The molecule has 1 N–H and O–H groups in total. The maximum absolute atomic E-state index is 14.1. The van der Waals surface area contributed by atoms with Gasteiger partial charge in [-0.3, -0.25) is 9.59 Å². The highest BCUT2D eigenvalue weighted by atomic mass is 16.7. The molecule has 3 heterocycles. The van der Waals surface area contributed by atoms with Gasteiger partial charge in [0.05, 0.1) is 24.0 Å². The second-order valence-corrected chi connectivity index (χ2v) is 12.5. The molecule has 1 fully saturated rings. The summed E-state index contributed by atoms with van der Waals surface area (Å²) in [5.41, 5.74) is 2.56. The number of carbonyl (C=O) groups is 3. The van der Waals surface area contributed by atoms with Crippen LogP contribution in [-0.2, 0) is 46.1 Å². The number of hydrogen-bond donors (Lipinski definition) is 1. The molecular weight excluding hydrogens is 684 g/mol. The van der Waals surface area contributed by atoms with Crippen LogP contribution in [0.1, 0.15) is 35.0 Å². The highest BCUT2D eigenvalue weighted by molar-refractivity contribution is 5.89. The minimum atomic E-state index is -1.50. The van der Waals surface area contributed by atoms with E-state index in [1.807, 2.05) is 24.3 Å².